The maximum atomic E-state index is 12.8. The molecule has 3 rings (SSSR count). The van der Waals surface area contributed by atoms with E-state index in [1.165, 1.54) is 30.7 Å². The maximum absolute atomic E-state index is 12.8. The molecular formula is C19H26FN3O2. The van der Waals surface area contributed by atoms with Gasteiger partial charge in [0.25, 0.3) is 5.91 Å². The lowest BCUT2D eigenvalue weighted by atomic mass is 9.65. The van der Waals surface area contributed by atoms with Crippen molar-refractivity contribution in [3.63, 3.8) is 0 Å². The lowest BCUT2D eigenvalue weighted by Gasteiger charge is -2.43. The molecule has 136 valence electrons. The smallest absolute Gasteiger partial charge is 0.251 e. The van der Waals surface area contributed by atoms with Gasteiger partial charge in [-0.1, -0.05) is 6.42 Å². The van der Waals surface area contributed by atoms with Crippen LogP contribution in [0.15, 0.2) is 24.3 Å². The van der Waals surface area contributed by atoms with E-state index < -0.39 is 0 Å². The number of benzene rings is 1. The summed E-state index contributed by atoms with van der Waals surface area (Å²) in [5.74, 6) is 0.416. The molecule has 2 fully saturated rings. The van der Waals surface area contributed by atoms with Gasteiger partial charge in [0.15, 0.2) is 0 Å². The molecule has 1 aromatic rings. The fourth-order valence-electron chi connectivity index (χ4n) is 4.21. The molecule has 2 aliphatic carbocycles. The van der Waals surface area contributed by atoms with E-state index in [0.717, 1.165) is 25.7 Å². The molecule has 0 aromatic heterocycles. The average Bonchev–Trinajstić information content (AvgIpc) is 2.58. The van der Waals surface area contributed by atoms with Gasteiger partial charge in [-0.2, -0.15) is 0 Å². The van der Waals surface area contributed by atoms with Crippen molar-refractivity contribution in [2.45, 2.75) is 38.1 Å². The number of amides is 2. The monoisotopic (exact) mass is 347 g/mol. The summed E-state index contributed by atoms with van der Waals surface area (Å²) in [6.45, 7) is 0.741. The minimum atomic E-state index is -0.374. The van der Waals surface area contributed by atoms with E-state index in [4.69, 9.17) is 5.73 Å². The zero-order valence-corrected chi connectivity index (χ0v) is 14.3. The van der Waals surface area contributed by atoms with E-state index in [2.05, 4.69) is 10.6 Å². The first-order chi connectivity index (χ1) is 12.0. The SMILES string of the molecule is NC1C2CCCC1CC(C(=O)NCCNC(=O)c1ccc(F)cc1)C2. The highest BCUT2D eigenvalue weighted by Gasteiger charge is 2.40. The predicted octanol–water partition coefficient (Wildman–Crippen LogP) is 1.83. The summed E-state index contributed by atoms with van der Waals surface area (Å²) in [5, 5.41) is 5.65. The Bertz CT molecular complexity index is 606. The molecule has 4 N–H and O–H groups in total. The molecule has 0 spiro atoms. The first-order valence-electron chi connectivity index (χ1n) is 9.11. The molecule has 0 saturated heterocycles. The molecule has 2 atom stereocenters. The second-order valence-electron chi connectivity index (χ2n) is 7.25. The number of hydrogen-bond donors (Lipinski definition) is 3. The van der Waals surface area contributed by atoms with Crippen LogP contribution in [0.1, 0.15) is 42.5 Å². The van der Waals surface area contributed by atoms with Crippen LogP contribution in [0, 0.1) is 23.6 Å². The first kappa shape index (κ1) is 17.9. The van der Waals surface area contributed by atoms with Crippen molar-refractivity contribution >= 4 is 11.8 Å². The van der Waals surface area contributed by atoms with Gasteiger partial charge >= 0.3 is 0 Å². The summed E-state index contributed by atoms with van der Waals surface area (Å²) in [5.41, 5.74) is 6.67. The third-order valence-electron chi connectivity index (χ3n) is 5.60. The number of hydrogen-bond acceptors (Lipinski definition) is 3. The summed E-state index contributed by atoms with van der Waals surface area (Å²) < 4.78 is 12.8. The Balaban J connectivity index is 1.39. The zero-order chi connectivity index (χ0) is 17.8. The number of fused-ring (bicyclic) bond motifs is 2. The first-order valence-corrected chi connectivity index (χ1v) is 9.11. The van der Waals surface area contributed by atoms with Gasteiger partial charge in [0.05, 0.1) is 0 Å². The molecule has 6 heteroatoms. The van der Waals surface area contributed by atoms with E-state index in [0.29, 0.717) is 30.5 Å². The second kappa shape index (κ2) is 7.95. The van der Waals surface area contributed by atoms with E-state index in [1.807, 2.05) is 0 Å². The van der Waals surface area contributed by atoms with Crippen molar-refractivity contribution in [2.75, 3.05) is 13.1 Å². The number of nitrogens with one attached hydrogen (secondary N) is 2. The molecule has 0 radical (unpaired) electrons. The number of halogens is 1. The molecule has 0 heterocycles. The highest BCUT2D eigenvalue weighted by atomic mass is 19.1. The fourth-order valence-corrected chi connectivity index (χ4v) is 4.21. The van der Waals surface area contributed by atoms with E-state index in [9.17, 15) is 14.0 Å². The van der Waals surface area contributed by atoms with Crippen molar-refractivity contribution < 1.29 is 14.0 Å². The standard InChI is InChI=1S/C19H26FN3O2/c20-16-6-4-12(5-7-16)18(24)22-8-9-23-19(25)15-10-13-2-1-3-14(11-15)17(13)21/h4-7,13-15,17H,1-3,8-11,21H2,(H,22,24)(H,23,25). The van der Waals surface area contributed by atoms with Gasteiger partial charge in [0.2, 0.25) is 5.91 Å². The topological polar surface area (TPSA) is 84.2 Å². The van der Waals surface area contributed by atoms with Crippen LogP contribution in [0.25, 0.3) is 0 Å². The molecule has 25 heavy (non-hydrogen) atoms. The van der Waals surface area contributed by atoms with E-state index >= 15 is 0 Å². The number of carbonyl (C=O) groups is 2. The van der Waals surface area contributed by atoms with E-state index in [-0.39, 0.29) is 29.6 Å². The molecule has 0 aliphatic heterocycles. The van der Waals surface area contributed by atoms with Crippen LogP contribution in [0.3, 0.4) is 0 Å². The third kappa shape index (κ3) is 4.37. The number of rotatable bonds is 5. The van der Waals surface area contributed by atoms with Crippen molar-refractivity contribution in [3.05, 3.63) is 35.6 Å². The third-order valence-corrected chi connectivity index (χ3v) is 5.60. The average molecular weight is 347 g/mol. The van der Waals surface area contributed by atoms with Gasteiger partial charge in [0, 0.05) is 30.6 Å². The van der Waals surface area contributed by atoms with Crippen LogP contribution in [0.4, 0.5) is 4.39 Å². The normalized spacial score (nSPS) is 28.2. The lowest BCUT2D eigenvalue weighted by molar-refractivity contribution is -0.127. The fraction of sp³-hybridized carbons (Fsp3) is 0.579. The van der Waals surface area contributed by atoms with Gasteiger partial charge in [-0.25, -0.2) is 4.39 Å². The molecule has 2 saturated carbocycles. The maximum Gasteiger partial charge on any atom is 0.251 e. The summed E-state index contributed by atoms with van der Waals surface area (Å²) >= 11 is 0. The van der Waals surface area contributed by atoms with Crippen molar-refractivity contribution in [1.29, 1.82) is 0 Å². The Kier molecular flexibility index (Phi) is 5.68. The van der Waals surface area contributed by atoms with Crippen LogP contribution >= 0.6 is 0 Å². The quantitative estimate of drug-likeness (QED) is 0.711. The van der Waals surface area contributed by atoms with Crippen LogP contribution in [0.2, 0.25) is 0 Å². The van der Waals surface area contributed by atoms with Gasteiger partial charge in [0.1, 0.15) is 5.82 Å². The number of nitrogens with two attached hydrogens (primary N) is 1. The Morgan fingerprint density at radius 1 is 1.04 bits per heavy atom. The highest BCUT2D eigenvalue weighted by molar-refractivity contribution is 5.94. The predicted molar refractivity (Wildman–Crippen MR) is 93.3 cm³/mol. The molecule has 2 unspecified atom stereocenters. The zero-order valence-electron chi connectivity index (χ0n) is 14.3. The van der Waals surface area contributed by atoms with Crippen LogP contribution < -0.4 is 16.4 Å². The highest BCUT2D eigenvalue weighted by Crippen LogP contribution is 2.41. The molecule has 2 amide bonds. The van der Waals surface area contributed by atoms with Crippen LogP contribution in [-0.2, 0) is 4.79 Å². The molecule has 5 nitrogen and oxygen atoms in total. The lowest BCUT2D eigenvalue weighted by Crippen LogP contribution is -2.49. The van der Waals surface area contributed by atoms with Crippen molar-refractivity contribution in [2.24, 2.45) is 23.5 Å². The van der Waals surface area contributed by atoms with Gasteiger partial charge in [-0.3, -0.25) is 9.59 Å². The summed E-state index contributed by atoms with van der Waals surface area (Å²) in [6, 6.07) is 5.64. The summed E-state index contributed by atoms with van der Waals surface area (Å²) in [6.07, 6.45) is 5.26. The molecule has 2 bridgehead atoms. The summed E-state index contributed by atoms with van der Waals surface area (Å²) in [4.78, 5) is 24.3. The molecule has 2 aliphatic rings. The van der Waals surface area contributed by atoms with Gasteiger partial charge in [-0.15, -0.1) is 0 Å². The minimum Gasteiger partial charge on any atom is -0.354 e. The Hall–Kier alpha value is -1.95. The Morgan fingerprint density at radius 2 is 1.64 bits per heavy atom. The number of carbonyl (C=O) groups excluding carboxylic acids is 2. The minimum absolute atomic E-state index is 0.0444. The van der Waals surface area contributed by atoms with Crippen LogP contribution in [0.5, 0.6) is 0 Å². The van der Waals surface area contributed by atoms with Gasteiger partial charge < -0.3 is 16.4 Å². The van der Waals surface area contributed by atoms with Crippen LogP contribution in [-0.4, -0.2) is 30.9 Å². The summed E-state index contributed by atoms with van der Waals surface area (Å²) in [7, 11) is 0. The van der Waals surface area contributed by atoms with E-state index in [1.54, 1.807) is 0 Å². The molecular weight excluding hydrogens is 321 g/mol. The van der Waals surface area contributed by atoms with Crippen molar-refractivity contribution in [1.82, 2.24) is 10.6 Å². The van der Waals surface area contributed by atoms with Crippen molar-refractivity contribution in [3.8, 4) is 0 Å². The Labute approximate surface area is 147 Å². The second-order valence-corrected chi connectivity index (χ2v) is 7.25. The Morgan fingerprint density at radius 3 is 2.28 bits per heavy atom. The largest absolute Gasteiger partial charge is 0.354 e. The van der Waals surface area contributed by atoms with Gasteiger partial charge in [-0.05, 0) is 61.8 Å². The molecule has 1 aromatic carbocycles.